The van der Waals surface area contributed by atoms with Crippen LogP contribution in [0.5, 0.6) is 0 Å². The summed E-state index contributed by atoms with van der Waals surface area (Å²) < 4.78 is 0. The van der Waals surface area contributed by atoms with Crippen LogP contribution in [0.25, 0.3) is 22.2 Å². The van der Waals surface area contributed by atoms with Gasteiger partial charge in [-0.3, -0.25) is 4.79 Å². The predicted molar refractivity (Wildman–Crippen MR) is 97.5 cm³/mol. The molecule has 0 saturated carbocycles. The van der Waals surface area contributed by atoms with E-state index in [0.717, 1.165) is 22.2 Å². The van der Waals surface area contributed by atoms with E-state index >= 15 is 0 Å². The molecule has 0 atom stereocenters. The number of Topliss-reactive ketones (excluding diaryl/α,β-unsaturated/α-hetero) is 1. The van der Waals surface area contributed by atoms with E-state index < -0.39 is 0 Å². The second kappa shape index (κ2) is 5.86. The van der Waals surface area contributed by atoms with Gasteiger partial charge in [-0.05, 0) is 22.6 Å². The second-order valence-corrected chi connectivity index (χ2v) is 7.07. The predicted octanol–water partition coefficient (Wildman–Crippen LogP) is 5.55. The van der Waals surface area contributed by atoms with Crippen LogP contribution in [0.4, 0.5) is 0 Å². The smallest absolute Gasteiger partial charge is 0.180 e. The first-order valence-electron chi connectivity index (χ1n) is 7.72. The summed E-state index contributed by atoms with van der Waals surface area (Å²) >= 11 is 5.82. The van der Waals surface area contributed by atoms with E-state index in [1.807, 2.05) is 24.3 Å². The van der Waals surface area contributed by atoms with Crippen LogP contribution in [-0.2, 0) is 5.41 Å². The fourth-order valence-electron chi connectivity index (χ4n) is 2.85. The molecular formula is C20H20ClNO. The fraction of sp³-hybridized carbons (Fsp3) is 0.250. The summed E-state index contributed by atoms with van der Waals surface area (Å²) in [5, 5.41) is 0.924. The van der Waals surface area contributed by atoms with Gasteiger partial charge in [0.05, 0.1) is 17.1 Å². The summed E-state index contributed by atoms with van der Waals surface area (Å²) in [6.45, 7) is 6.56. The van der Waals surface area contributed by atoms with E-state index in [1.165, 1.54) is 5.56 Å². The van der Waals surface area contributed by atoms with Crippen LogP contribution in [0.15, 0.2) is 48.5 Å². The van der Waals surface area contributed by atoms with Crippen molar-refractivity contribution in [1.29, 1.82) is 0 Å². The number of carbonyl (C=O) groups is 1. The fourth-order valence-corrected chi connectivity index (χ4v) is 2.99. The molecule has 0 unspecified atom stereocenters. The summed E-state index contributed by atoms with van der Waals surface area (Å²) in [5.41, 5.74) is 4.85. The molecular weight excluding hydrogens is 306 g/mol. The van der Waals surface area contributed by atoms with Gasteiger partial charge >= 0.3 is 0 Å². The summed E-state index contributed by atoms with van der Waals surface area (Å²) in [6.07, 6.45) is 0. The van der Waals surface area contributed by atoms with Gasteiger partial charge < -0.3 is 4.98 Å². The summed E-state index contributed by atoms with van der Waals surface area (Å²) in [6, 6.07) is 16.2. The first-order valence-corrected chi connectivity index (χ1v) is 8.26. The molecule has 0 aliphatic heterocycles. The van der Waals surface area contributed by atoms with Gasteiger partial charge in [0.2, 0.25) is 0 Å². The molecule has 118 valence electrons. The molecule has 0 fully saturated rings. The van der Waals surface area contributed by atoms with Gasteiger partial charge in [-0.2, -0.15) is 0 Å². The Morgan fingerprint density at radius 3 is 2.30 bits per heavy atom. The minimum absolute atomic E-state index is 0.0189. The molecule has 0 amide bonds. The highest BCUT2D eigenvalue weighted by molar-refractivity contribution is 6.33. The van der Waals surface area contributed by atoms with Crippen LogP contribution in [0.2, 0.25) is 0 Å². The Kier molecular flexibility index (Phi) is 4.03. The van der Waals surface area contributed by atoms with Crippen LogP contribution < -0.4 is 0 Å². The van der Waals surface area contributed by atoms with Gasteiger partial charge in [0, 0.05) is 10.9 Å². The molecule has 2 nitrogen and oxygen atoms in total. The molecule has 1 heterocycles. The van der Waals surface area contributed by atoms with Crippen molar-refractivity contribution in [3.05, 3.63) is 59.7 Å². The number of alkyl halides is 1. The molecule has 1 aromatic heterocycles. The van der Waals surface area contributed by atoms with Crippen LogP contribution >= 0.6 is 11.6 Å². The number of fused-ring (bicyclic) bond motifs is 1. The van der Waals surface area contributed by atoms with Gasteiger partial charge in [-0.25, -0.2) is 0 Å². The van der Waals surface area contributed by atoms with Crippen molar-refractivity contribution >= 4 is 28.3 Å². The number of nitrogens with one attached hydrogen (secondary N) is 1. The lowest BCUT2D eigenvalue weighted by molar-refractivity contribution is 0.102. The maximum Gasteiger partial charge on any atom is 0.180 e. The van der Waals surface area contributed by atoms with Crippen molar-refractivity contribution in [2.24, 2.45) is 0 Å². The molecule has 0 aliphatic carbocycles. The zero-order chi connectivity index (χ0) is 16.6. The molecule has 3 heteroatoms. The molecule has 3 aromatic rings. The zero-order valence-corrected chi connectivity index (χ0v) is 14.4. The van der Waals surface area contributed by atoms with Crippen molar-refractivity contribution in [3.8, 4) is 11.3 Å². The highest BCUT2D eigenvalue weighted by atomic mass is 35.5. The number of aromatic nitrogens is 1. The number of ketones is 1. The number of para-hydroxylation sites is 1. The Labute approximate surface area is 141 Å². The molecule has 1 N–H and O–H groups in total. The topological polar surface area (TPSA) is 32.9 Å². The molecule has 2 aromatic carbocycles. The number of benzene rings is 2. The van der Waals surface area contributed by atoms with Gasteiger partial charge in [-0.15, -0.1) is 11.6 Å². The zero-order valence-electron chi connectivity index (χ0n) is 13.6. The molecule has 0 bridgehead atoms. The van der Waals surface area contributed by atoms with Gasteiger partial charge in [0.25, 0.3) is 0 Å². The quantitative estimate of drug-likeness (QED) is 0.496. The summed E-state index contributed by atoms with van der Waals surface area (Å²) in [5.74, 6) is -0.0754. The Morgan fingerprint density at radius 2 is 1.70 bits per heavy atom. The Balaban J connectivity index is 2.17. The second-order valence-electron chi connectivity index (χ2n) is 6.80. The number of rotatable bonds is 3. The lowest BCUT2D eigenvalue weighted by atomic mass is 9.86. The molecule has 0 spiro atoms. The Hall–Kier alpha value is -2.06. The maximum absolute atomic E-state index is 12.4. The van der Waals surface area contributed by atoms with Gasteiger partial charge in [-0.1, -0.05) is 63.2 Å². The molecule has 3 rings (SSSR count). The minimum Gasteiger partial charge on any atom is -0.354 e. The number of H-pyrrole nitrogens is 1. The average molecular weight is 326 g/mol. The van der Waals surface area contributed by atoms with Crippen LogP contribution in [-0.4, -0.2) is 16.6 Å². The van der Waals surface area contributed by atoms with Gasteiger partial charge in [0.15, 0.2) is 5.78 Å². The number of aromatic amines is 1. The van der Waals surface area contributed by atoms with E-state index in [0.29, 0.717) is 5.56 Å². The lowest BCUT2D eigenvalue weighted by Crippen LogP contribution is -2.10. The van der Waals surface area contributed by atoms with Crippen molar-refractivity contribution < 1.29 is 4.79 Å². The van der Waals surface area contributed by atoms with Crippen molar-refractivity contribution in [2.75, 3.05) is 5.88 Å². The third-order valence-corrected chi connectivity index (χ3v) is 4.39. The highest BCUT2D eigenvalue weighted by Crippen LogP contribution is 2.32. The average Bonchev–Trinajstić information content (AvgIpc) is 2.93. The maximum atomic E-state index is 12.4. The van der Waals surface area contributed by atoms with Crippen molar-refractivity contribution in [3.63, 3.8) is 0 Å². The Bertz CT molecular complexity index is 853. The highest BCUT2D eigenvalue weighted by Gasteiger charge is 2.19. The first kappa shape index (κ1) is 15.8. The molecule has 23 heavy (non-hydrogen) atoms. The van der Waals surface area contributed by atoms with E-state index in [2.05, 4.69) is 50.0 Å². The minimum atomic E-state index is -0.0565. The third-order valence-electron chi connectivity index (χ3n) is 4.15. The van der Waals surface area contributed by atoms with Gasteiger partial charge in [0.1, 0.15) is 0 Å². The lowest BCUT2D eigenvalue weighted by Gasteiger charge is -2.19. The van der Waals surface area contributed by atoms with E-state index in [-0.39, 0.29) is 17.1 Å². The number of hydrogen-bond donors (Lipinski definition) is 1. The molecule has 0 saturated heterocycles. The Morgan fingerprint density at radius 1 is 1.04 bits per heavy atom. The van der Waals surface area contributed by atoms with E-state index in [4.69, 9.17) is 11.6 Å². The summed E-state index contributed by atoms with van der Waals surface area (Å²) in [4.78, 5) is 15.7. The number of carbonyl (C=O) groups excluding carboxylic acids is 1. The van der Waals surface area contributed by atoms with E-state index in [9.17, 15) is 4.79 Å². The summed E-state index contributed by atoms with van der Waals surface area (Å²) in [7, 11) is 0. The molecule has 0 aliphatic rings. The largest absolute Gasteiger partial charge is 0.354 e. The normalized spacial score (nSPS) is 11.8. The number of hydrogen-bond acceptors (Lipinski definition) is 1. The van der Waals surface area contributed by atoms with Crippen molar-refractivity contribution in [1.82, 2.24) is 4.98 Å². The molecule has 0 radical (unpaired) electrons. The van der Waals surface area contributed by atoms with Crippen molar-refractivity contribution in [2.45, 2.75) is 26.2 Å². The SMILES string of the molecule is CC(C)(C)c1ccc(-c2[nH]c3ccccc3c2C(=O)CCl)cc1. The monoisotopic (exact) mass is 325 g/mol. The van der Waals surface area contributed by atoms with E-state index in [1.54, 1.807) is 0 Å². The van der Waals surface area contributed by atoms with Crippen LogP contribution in [0, 0.1) is 0 Å². The number of halogens is 1. The standard InChI is InChI=1S/C20H20ClNO/c1-20(2,3)14-10-8-13(9-11-14)19-18(17(23)12-21)15-6-4-5-7-16(15)22-19/h4-11,22H,12H2,1-3H3. The first-order chi connectivity index (χ1) is 10.9. The van der Waals surface area contributed by atoms with Crippen LogP contribution in [0.3, 0.4) is 0 Å². The van der Waals surface area contributed by atoms with Crippen LogP contribution in [0.1, 0.15) is 36.7 Å². The third kappa shape index (κ3) is 2.91.